The number of benzene rings is 3. The molecule has 4 rings (SSSR count). The van der Waals surface area contributed by atoms with Crippen molar-refractivity contribution >= 4 is 38.9 Å². The lowest BCUT2D eigenvalue weighted by Gasteiger charge is -2.06. The Morgan fingerprint density at radius 1 is 0.867 bits per heavy atom. The van der Waals surface area contributed by atoms with Gasteiger partial charge in [-0.15, -0.1) is 0 Å². The molecule has 0 saturated heterocycles. The van der Waals surface area contributed by atoms with Gasteiger partial charge >= 0.3 is 0 Å². The molecule has 0 aliphatic carbocycles. The van der Waals surface area contributed by atoms with Crippen molar-refractivity contribution in [2.45, 2.75) is 16.5 Å². The van der Waals surface area contributed by atoms with Crippen molar-refractivity contribution in [3.8, 4) is 11.5 Å². The van der Waals surface area contributed by atoms with E-state index >= 15 is 0 Å². The minimum Gasteiger partial charge on any atom is -0.419 e. The van der Waals surface area contributed by atoms with Gasteiger partial charge < -0.3 is 9.73 Å². The predicted molar refractivity (Wildman–Crippen MR) is 118 cm³/mol. The lowest BCUT2D eigenvalue weighted by molar-refractivity contribution is 0.577. The van der Waals surface area contributed by atoms with Gasteiger partial charge in [-0.2, -0.15) is 4.98 Å². The number of nitrogens with one attached hydrogen (secondary N) is 1. The van der Waals surface area contributed by atoms with E-state index in [1.54, 1.807) is 24.3 Å². The van der Waals surface area contributed by atoms with Crippen LogP contribution >= 0.6 is 23.2 Å². The summed E-state index contributed by atoms with van der Waals surface area (Å²) in [4.78, 5) is 4.35. The number of nitrogens with zero attached hydrogens (tertiary/aromatic N) is 1. The number of hydrogen-bond acceptors (Lipinski definition) is 5. The summed E-state index contributed by atoms with van der Waals surface area (Å²) < 4.78 is 32.4. The van der Waals surface area contributed by atoms with Crippen molar-refractivity contribution in [2.75, 3.05) is 5.32 Å². The fourth-order valence-corrected chi connectivity index (χ4v) is 4.47. The Morgan fingerprint density at radius 2 is 1.53 bits per heavy atom. The zero-order valence-electron chi connectivity index (χ0n) is 15.5. The lowest BCUT2D eigenvalue weighted by atomic mass is 10.2. The molecule has 152 valence electrons. The zero-order valence-corrected chi connectivity index (χ0v) is 17.9. The molecule has 0 fully saturated rings. The van der Waals surface area contributed by atoms with E-state index in [0.29, 0.717) is 22.2 Å². The summed E-state index contributed by atoms with van der Waals surface area (Å²) in [5, 5.41) is 3.68. The Kier molecular flexibility index (Phi) is 5.81. The molecule has 0 saturated carbocycles. The second-order valence-electron chi connectivity index (χ2n) is 6.43. The maximum Gasteiger partial charge on any atom is 0.234 e. The minimum absolute atomic E-state index is 0.0451. The van der Waals surface area contributed by atoms with Crippen molar-refractivity contribution in [2.24, 2.45) is 0 Å². The molecule has 8 heteroatoms. The molecule has 0 aliphatic rings. The number of sulfone groups is 1. The standard InChI is InChI=1S/C22H16Cl2N2O3S/c23-16-10-12-17(13-11-16)30(27,28)22-21(25-14-15-6-2-1-3-7-15)29-20(26-22)18-8-4-5-9-19(18)24/h1-13,25H,14H2. The quantitative estimate of drug-likeness (QED) is 0.378. The van der Waals surface area contributed by atoms with Crippen molar-refractivity contribution < 1.29 is 12.8 Å². The van der Waals surface area contributed by atoms with Gasteiger partial charge in [-0.05, 0) is 42.0 Å². The molecule has 0 amide bonds. The molecule has 4 aromatic rings. The number of oxazole rings is 1. The highest BCUT2D eigenvalue weighted by molar-refractivity contribution is 7.91. The van der Waals surface area contributed by atoms with E-state index in [1.807, 2.05) is 30.3 Å². The maximum absolute atomic E-state index is 13.3. The molecular formula is C22H16Cl2N2O3S. The first kappa shape index (κ1) is 20.5. The van der Waals surface area contributed by atoms with E-state index in [0.717, 1.165) is 5.56 Å². The van der Waals surface area contributed by atoms with Gasteiger partial charge in [-0.25, -0.2) is 8.42 Å². The smallest absolute Gasteiger partial charge is 0.234 e. The Morgan fingerprint density at radius 3 is 2.23 bits per heavy atom. The molecule has 1 heterocycles. The largest absolute Gasteiger partial charge is 0.419 e. The van der Waals surface area contributed by atoms with Crippen molar-refractivity contribution in [1.82, 2.24) is 4.98 Å². The zero-order chi connectivity index (χ0) is 21.1. The summed E-state index contributed by atoms with van der Waals surface area (Å²) in [6.07, 6.45) is 0. The molecule has 3 aromatic carbocycles. The molecule has 0 atom stereocenters. The predicted octanol–water partition coefficient (Wildman–Crippen LogP) is 6.09. The van der Waals surface area contributed by atoms with E-state index in [9.17, 15) is 8.42 Å². The third-order valence-electron chi connectivity index (χ3n) is 4.37. The van der Waals surface area contributed by atoms with Gasteiger partial charge in [-0.3, -0.25) is 0 Å². The highest BCUT2D eigenvalue weighted by Crippen LogP contribution is 2.35. The van der Waals surface area contributed by atoms with Crippen molar-refractivity contribution in [1.29, 1.82) is 0 Å². The summed E-state index contributed by atoms with van der Waals surface area (Å²) in [5.41, 5.74) is 1.46. The second kappa shape index (κ2) is 8.52. The molecule has 0 aliphatic heterocycles. The summed E-state index contributed by atoms with van der Waals surface area (Å²) in [6, 6.07) is 22.4. The first-order valence-corrected chi connectivity index (χ1v) is 11.2. The third kappa shape index (κ3) is 4.21. The van der Waals surface area contributed by atoms with Crippen LogP contribution in [0.25, 0.3) is 11.5 Å². The molecule has 0 spiro atoms. The monoisotopic (exact) mass is 458 g/mol. The van der Waals surface area contributed by atoms with E-state index in [-0.39, 0.29) is 21.7 Å². The molecule has 1 N–H and O–H groups in total. The van der Waals surface area contributed by atoms with Crippen LogP contribution in [0.2, 0.25) is 10.0 Å². The molecule has 1 aromatic heterocycles. The molecule has 0 radical (unpaired) electrons. The van der Waals surface area contributed by atoms with Gasteiger partial charge in [0.05, 0.1) is 15.5 Å². The van der Waals surface area contributed by atoms with Gasteiger partial charge in [0.25, 0.3) is 0 Å². The van der Waals surface area contributed by atoms with E-state index in [1.165, 1.54) is 24.3 Å². The van der Waals surface area contributed by atoms with Crippen LogP contribution in [0.5, 0.6) is 0 Å². The molecular weight excluding hydrogens is 443 g/mol. The lowest BCUT2D eigenvalue weighted by Crippen LogP contribution is -2.07. The van der Waals surface area contributed by atoms with Crippen LogP contribution in [0, 0.1) is 0 Å². The second-order valence-corrected chi connectivity index (χ2v) is 9.14. The molecule has 30 heavy (non-hydrogen) atoms. The summed E-state index contributed by atoms with van der Waals surface area (Å²) >= 11 is 12.2. The van der Waals surface area contributed by atoms with Gasteiger partial charge in [-0.1, -0.05) is 65.7 Å². The number of halogens is 2. The average Bonchev–Trinajstić information content (AvgIpc) is 3.18. The van der Waals surface area contributed by atoms with Crippen LogP contribution in [-0.4, -0.2) is 13.4 Å². The van der Waals surface area contributed by atoms with Crippen LogP contribution in [0.4, 0.5) is 5.88 Å². The summed E-state index contributed by atoms with van der Waals surface area (Å²) in [5.74, 6) is 0.160. The number of anilines is 1. The summed E-state index contributed by atoms with van der Waals surface area (Å²) in [6.45, 7) is 0.362. The number of rotatable bonds is 6. The van der Waals surface area contributed by atoms with Gasteiger partial charge in [0.15, 0.2) is 0 Å². The van der Waals surface area contributed by atoms with Crippen molar-refractivity contribution in [3.63, 3.8) is 0 Å². The fourth-order valence-electron chi connectivity index (χ4n) is 2.85. The first-order chi connectivity index (χ1) is 14.4. The van der Waals surface area contributed by atoms with E-state index in [4.69, 9.17) is 27.6 Å². The van der Waals surface area contributed by atoms with E-state index < -0.39 is 9.84 Å². The Labute approximate surface area is 184 Å². The van der Waals surface area contributed by atoms with Gasteiger partial charge in [0, 0.05) is 11.6 Å². The van der Waals surface area contributed by atoms with Crippen molar-refractivity contribution in [3.05, 3.63) is 94.5 Å². The third-order valence-corrected chi connectivity index (χ3v) is 6.63. The first-order valence-electron chi connectivity index (χ1n) is 8.99. The van der Waals surface area contributed by atoms with Gasteiger partial charge in [0.2, 0.25) is 26.6 Å². The average molecular weight is 459 g/mol. The highest BCUT2D eigenvalue weighted by atomic mass is 35.5. The van der Waals surface area contributed by atoms with Crippen LogP contribution in [0.1, 0.15) is 5.56 Å². The molecule has 0 bridgehead atoms. The normalized spacial score (nSPS) is 11.4. The Balaban J connectivity index is 1.79. The molecule has 5 nitrogen and oxygen atoms in total. The Hall–Kier alpha value is -2.80. The van der Waals surface area contributed by atoms with Crippen LogP contribution in [0.3, 0.4) is 0 Å². The number of aromatic nitrogens is 1. The fraction of sp³-hybridized carbons (Fsp3) is 0.0455. The van der Waals surface area contributed by atoms with Gasteiger partial charge in [0.1, 0.15) is 0 Å². The van der Waals surface area contributed by atoms with E-state index in [2.05, 4.69) is 10.3 Å². The highest BCUT2D eigenvalue weighted by Gasteiger charge is 2.29. The van der Waals surface area contributed by atoms with Crippen LogP contribution in [-0.2, 0) is 16.4 Å². The minimum atomic E-state index is -3.96. The molecule has 0 unspecified atom stereocenters. The SMILES string of the molecule is O=S(=O)(c1ccc(Cl)cc1)c1nc(-c2ccccc2Cl)oc1NCc1ccccc1. The van der Waals surface area contributed by atoms with Crippen LogP contribution in [0.15, 0.2) is 93.2 Å². The Bertz CT molecular complexity index is 1270. The van der Waals surface area contributed by atoms with Crippen LogP contribution < -0.4 is 5.32 Å². The maximum atomic E-state index is 13.3. The topological polar surface area (TPSA) is 72.2 Å². The number of hydrogen-bond donors (Lipinski definition) is 1. The summed E-state index contributed by atoms with van der Waals surface area (Å²) in [7, 11) is -3.96.